The third-order valence-corrected chi connectivity index (χ3v) is 4.87. The van der Waals surface area contributed by atoms with Crippen LogP contribution in [-0.2, 0) is 4.79 Å². The first-order valence-corrected chi connectivity index (χ1v) is 7.85. The standard InChI is InChI=1S/C13H16N2O2S2/c1-9(19-13-14-7-8-18-13)12(16)15-10-5-3-4-6-11(10)17-2/h3-6,9H,7-8H2,1-2H3,(H,15,16). The van der Waals surface area contributed by atoms with Gasteiger partial charge in [-0.1, -0.05) is 35.7 Å². The summed E-state index contributed by atoms with van der Waals surface area (Å²) < 4.78 is 6.21. The Morgan fingerprint density at radius 1 is 1.53 bits per heavy atom. The highest BCUT2D eigenvalue weighted by atomic mass is 32.2. The molecule has 1 aliphatic rings. The highest BCUT2D eigenvalue weighted by Crippen LogP contribution is 2.28. The van der Waals surface area contributed by atoms with Crippen molar-refractivity contribution >= 4 is 39.5 Å². The highest BCUT2D eigenvalue weighted by molar-refractivity contribution is 8.39. The molecule has 1 aromatic carbocycles. The zero-order chi connectivity index (χ0) is 13.7. The Labute approximate surface area is 121 Å². The number of aliphatic imine (C=N–C) groups is 1. The molecule has 2 rings (SSSR count). The van der Waals surface area contributed by atoms with Crippen LogP contribution in [0.2, 0.25) is 0 Å². The van der Waals surface area contributed by atoms with Gasteiger partial charge in [0.05, 0.1) is 24.6 Å². The Morgan fingerprint density at radius 3 is 3.00 bits per heavy atom. The van der Waals surface area contributed by atoms with Crippen LogP contribution in [0.15, 0.2) is 29.3 Å². The van der Waals surface area contributed by atoms with Gasteiger partial charge in [0.25, 0.3) is 0 Å². The largest absolute Gasteiger partial charge is 0.495 e. The molecule has 4 nitrogen and oxygen atoms in total. The molecule has 0 bridgehead atoms. The second kappa shape index (κ2) is 6.86. The van der Waals surface area contributed by atoms with Gasteiger partial charge in [-0.3, -0.25) is 9.79 Å². The molecule has 1 amide bonds. The first kappa shape index (κ1) is 14.3. The SMILES string of the molecule is COc1ccccc1NC(=O)C(C)SC1=NCCS1. The van der Waals surface area contributed by atoms with E-state index in [-0.39, 0.29) is 11.2 Å². The molecule has 102 valence electrons. The summed E-state index contributed by atoms with van der Waals surface area (Å²) in [5.41, 5.74) is 0.698. The van der Waals surface area contributed by atoms with E-state index in [1.807, 2.05) is 31.2 Å². The lowest BCUT2D eigenvalue weighted by Gasteiger charge is -2.13. The molecule has 0 aliphatic carbocycles. The Bertz CT molecular complexity index is 491. The van der Waals surface area contributed by atoms with Gasteiger partial charge in [0.2, 0.25) is 5.91 Å². The summed E-state index contributed by atoms with van der Waals surface area (Å²) in [6.45, 7) is 2.74. The molecule has 0 saturated heterocycles. The van der Waals surface area contributed by atoms with E-state index in [4.69, 9.17) is 4.74 Å². The van der Waals surface area contributed by atoms with E-state index in [1.54, 1.807) is 18.9 Å². The molecule has 0 aromatic heterocycles. The molecule has 1 aromatic rings. The molecule has 6 heteroatoms. The van der Waals surface area contributed by atoms with Crippen molar-refractivity contribution in [3.8, 4) is 5.75 Å². The fourth-order valence-corrected chi connectivity index (χ4v) is 3.70. The maximum atomic E-state index is 12.1. The van der Waals surface area contributed by atoms with Crippen molar-refractivity contribution in [2.24, 2.45) is 4.99 Å². The van der Waals surface area contributed by atoms with Crippen LogP contribution in [0.1, 0.15) is 6.92 Å². The van der Waals surface area contributed by atoms with Crippen LogP contribution in [0.4, 0.5) is 5.69 Å². The van der Waals surface area contributed by atoms with Crippen LogP contribution in [0.3, 0.4) is 0 Å². The van der Waals surface area contributed by atoms with Crippen molar-refractivity contribution in [2.75, 3.05) is 24.7 Å². The second-order valence-electron chi connectivity index (χ2n) is 3.95. The van der Waals surface area contributed by atoms with E-state index in [9.17, 15) is 4.79 Å². The quantitative estimate of drug-likeness (QED) is 0.928. The van der Waals surface area contributed by atoms with Crippen LogP contribution >= 0.6 is 23.5 Å². The minimum Gasteiger partial charge on any atom is -0.495 e. The predicted molar refractivity (Wildman–Crippen MR) is 83.4 cm³/mol. The number of carbonyl (C=O) groups excluding carboxylic acids is 1. The number of para-hydroxylation sites is 2. The number of nitrogens with one attached hydrogen (secondary N) is 1. The third kappa shape index (κ3) is 3.91. The maximum Gasteiger partial charge on any atom is 0.237 e. The summed E-state index contributed by atoms with van der Waals surface area (Å²) >= 11 is 3.22. The Kier molecular flexibility index (Phi) is 5.15. The van der Waals surface area contributed by atoms with Crippen LogP contribution in [0.5, 0.6) is 5.75 Å². The molecule has 1 N–H and O–H groups in total. The van der Waals surface area contributed by atoms with Crippen molar-refractivity contribution in [3.63, 3.8) is 0 Å². The number of hydrogen-bond donors (Lipinski definition) is 1. The predicted octanol–water partition coefficient (Wildman–Crippen LogP) is 2.86. The van der Waals surface area contributed by atoms with Gasteiger partial charge in [-0.25, -0.2) is 0 Å². The molecule has 0 spiro atoms. The number of carbonyl (C=O) groups is 1. The Morgan fingerprint density at radius 2 is 2.32 bits per heavy atom. The average Bonchev–Trinajstić information content (AvgIpc) is 2.92. The number of amides is 1. The zero-order valence-corrected chi connectivity index (χ0v) is 12.5. The Hall–Kier alpha value is -1.14. The normalized spacial score (nSPS) is 15.8. The number of thioether (sulfide) groups is 2. The van der Waals surface area contributed by atoms with Crippen molar-refractivity contribution in [3.05, 3.63) is 24.3 Å². The summed E-state index contributed by atoms with van der Waals surface area (Å²) in [4.78, 5) is 16.5. The van der Waals surface area contributed by atoms with E-state index in [2.05, 4.69) is 10.3 Å². The lowest BCUT2D eigenvalue weighted by Crippen LogP contribution is -2.23. The second-order valence-corrected chi connectivity index (χ2v) is 6.62. The van der Waals surface area contributed by atoms with Gasteiger partial charge >= 0.3 is 0 Å². The molecule has 0 radical (unpaired) electrons. The highest BCUT2D eigenvalue weighted by Gasteiger charge is 2.19. The number of ether oxygens (including phenoxy) is 1. The number of methoxy groups -OCH3 is 1. The van der Waals surface area contributed by atoms with Crippen molar-refractivity contribution < 1.29 is 9.53 Å². The molecular weight excluding hydrogens is 280 g/mol. The minimum atomic E-state index is -0.172. The molecule has 1 atom stereocenters. The number of anilines is 1. The van der Waals surface area contributed by atoms with Gasteiger partial charge in [-0.2, -0.15) is 0 Å². The molecular formula is C13H16N2O2S2. The van der Waals surface area contributed by atoms with Crippen LogP contribution in [-0.4, -0.2) is 34.9 Å². The lowest BCUT2D eigenvalue weighted by atomic mass is 10.3. The zero-order valence-electron chi connectivity index (χ0n) is 10.9. The first-order valence-electron chi connectivity index (χ1n) is 5.98. The van der Waals surface area contributed by atoms with Crippen LogP contribution < -0.4 is 10.1 Å². The van der Waals surface area contributed by atoms with Gasteiger partial charge in [0, 0.05) is 5.75 Å². The summed E-state index contributed by atoms with van der Waals surface area (Å²) in [5, 5.41) is 2.71. The van der Waals surface area contributed by atoms with Gasteiger partial charge in [-0.15, -0.1) is 0 Å². The average molecular weight is 296 g/mol. The summed E-state index contributed by atoms with van der Waals surface area (Å²) in [6.07, 6.45) is 0. The smallest absolute Gasteiger partial charge is 0.237 e. The molecule has 1 unspecified atom stereocenters. The fourth-order valence-electron chi connectivity index (χ4n) is 1.57. The van der Waals surface area contributed by atoms with Crippen molar-refractivity contribution in [1.29, 1.82) is 0 Å². The van der Waals surface area contributed by atoms with E-state index in [0.717, 1.165) is 16.7 Å². The van der Waals surface area contributed by atoms with E-state index in [1.165, 1.54) is 11.8 Å². The van der Waals surface area contributed by atoms with Gasteiger partial charge in [0.15, 0.2) is 0 Å². The van der Waals surface area contributed by atoms with Crippen LogP contribution in [0, 0.1) is 0 Å². The monoisotopic (exact) mass is 296 g/mol. The number of hydrogen-bond acceptors (Lipinski definition) is 5. The summed E-state index contributed by atoms with van der Waals surface area (Å²) in [5.74, 6) is 1.65. The summed E-state index contributed by atoms with van der Waals surface area (Å²) in [7, 11) is 1.59. The topological polar surface area (TPSA) is 50.7 Å². The van der Waals surface area contributed by atoms with Gasteiger partial charge in [0.1, 0.15) is 10.1 Å². The Balaban J connectivity index is 1.96. The fraction of sp³-hybridized carbons (Fsp3) is 0.385. The van der Waals surface area contributed by atoms with Crippen molar-refractivity contribution in [1.82, 2.24) is 0 Å². The van der Waals surface area contributed by atoms with E-state index < -0.39 is 0 Å². The van der Waals surface area contributed by atoms with Crippen molar-refractivity contribution in [2.45, 2.75) is 12.2 Å². The molecule has 0 saturated carbocycles. The van der Waals surface area contributed by atoms with Gasteiger partial charge < -0.3 is 10.1 Å². The van der Waals surface area contributed by atoms with Crippen LogP contribution in [0.25, 0.3) is 0 Å². The van der Waals surface area contributed by atoms with E-state index in [0.29, 0.717) is 11.4 Å². The molecule has 19 heavy (non-hydrogen) atoms. The number of rotatable bonds is 4. The minimum absolute atomic E-state index is 0.0373. The molecule has 1 aliphatic heterocycles. The number of benzene rings is 1. The number of nitrogens with zero attached hydrogens (tertiary/aromatic N) is 1. The molecule has 1 heterocycles. The maximum absolute atomic E-state index is 12.1. The van der Waals surface area contributed by atoms with Gasteiger partial charge in [-0.05, 0) is 19.1 Å². The third-order valence-electron chi connectivity index (χ3n) is 2.57. The van der Waals surface area contributed by atoms with E-state index >= 15 is 0 Å². The summed E-state index contributed by atoms with van der Waals surface area (Å²) in [6, 6.07) is 7.39. The molecule has 0 fully saturated rings. The lowest BCUT2D eigenvalue weighted by molar-refractivity contribution is -0.115. The first-order chi connectivity index (χ1) is 9.20.